The summed E-state index contributed by atoms with van der Waals surface area (Å²) in [5, 5.41) is 0. The van der Waals surface area contributed by atoms with E-state index >= 15 is 0 Å². The zero-order chi connectivity index (χ0) is 11.3. The number of hydrogen-bond acceptors (Lipinski definition) is 4. The fourth-order valence-electron chi connectivity index (χ4n) is 1.77. The van der Waals surface area contributed by atoms with E-state index in [1.54, 1.807) is 11.8 Å². The third kappa shape index (κ3) is 3.11. The molecular weight excluding hydrogens is 198 g/mol. The zero-order valence-electron chi connectivity index (χ0n) is 9.19. The van der Waals surface area contributed by atoms with E-state index < -0.39 is 0 Å². The Hall–Kier alpha value is -1.26. The van der Waals surface area contributed by atoms with Crippen molar-refractivity contribution in [3.8, 4) is 0 Å². The molecule has 1 heterocycles. The normalized spacial score (nSPS) is 20.1. The van der Waals surface area contributed by atoms with Crippen LogP contribution in [0.25, 0.3) is 0 Å². The van der Waals surface area contributed by atoms with Crippen LogP contribution >= 0.6 is 0 Å². The number of methoxy groups -OCH3 is 1. The second kappa shape index (κ2) is 5.58. The molecule has 1 amide bonds. The second-order valence-corrected chi connectivity index (χ2v) is 3.47. The molecule has 0 aromatic heterocycles. The highest BCUT2D eigenvalue weighted by Crippen LogP contribution is 2.21. The van der Waals surface area contributed by atoms with Crippen LogP contribution < -0.4 is 0 Å². The van der Waals surface area contributed by atoms with Gasteiger partial charge in [0.25, 0.3) is 0 Å². The van der Waals surface area contributed by atoms with E-state index in [9.17, 15) is 9.59 Å². The van der Waals surface area contributed by atoms with Crippen LogP contribution in [-0.2, 0) is 14.3 Å². The first kappa shape index (κ1) is 11.8. The first-order valence-corrected chi connectivity index (χ1v) is 5.19. The van der Waals surface area contributed by atoms with Gasteiger partial charge in [0, 0.05) is 12.6 Å². The van der Waals surface area contributed by atoms with E-state index in [0.717, 1.165) is 12.8 Å². The van der Waals surface area contributed by atoms with Crippen molar-refractivity contribution < 1.29 is 19.1 Å². The molecule has 1 aliphatic rings. The molecule has 0 N–H and O–H groups in total. The molecule has 0 saturated carbocycles. The maximum absolute atomic E-state index is 11.5. The van der Waals surface area contributed by atoms with Gasteiger partial charge in [0.15, 0.2) is 0 Å². The number of carbonyl (C=O) groups excluding carboxylic acids is 2. The molecule has 0 aromatic carbocycles. The summed E-state index contributed by atoms with van der Waals surface area (Å²) in [4.78, 5) is 24.2. The number of likely N-dealkylation sites (tertiary alicyclic amines) is 1. The zero-order valence-corrected chi connectivity index (χ0v) is 9.19. The van der Waals surface area contributed by atoms with Gasteiger partial charge in [-0.3, -0.25) is 4.79 Å². The maximum atomic E-state index is 11.5. The Labute approximate surface area is 89.3 Å². The molecule has 86 valence electrons. The molecule has 1 rings (SSSR count). The second-order valence-electron chi connectivity index (χ2n) is 3.47. The van der Waals surface area contributed by atoms with Crippen LogP contribution in [0.2, 0.25) is 0 Å². The molecular formula is C10H17NO4. The fourth-order valence-corrected chi connectivity index (χ4v) is 1.77. The minimum atomic E-state index is -0.330. The first-order chi connectivity index (χ1) is 7.19. The molecule has 0 bridgehead atoms. The Kier molecular flexibility index (Phi) is 4.39. The first-order valence-electron chi connectivity index (χ1n) is 5.19. The summed E-state index contributed by atoms with van der Waals surface area (Å²) in [5.74, 6) is -0.281. The van der Waals surface area contributed by atoms with Gasteiger partial charge in [-0.1, -0.05) is 0 Å². The minimum Gasteiger partial charge on any atom is -0.469 e. The summed E-state index contributed by atoms with van der Waals surface area (Å²) in [6.07, 6.45) is 1.69. The highest BCUT2D eigenvalue weighted by Gasteiger charge is 2.31. The third-order valence-corrected chi connectivity index (χ3v) is 2.51. The summed E-state index contributed by atoms with van der Waals surface area (Å²) in [5.41, 5.74) is 0. The predicted octanol–water partition coefficient (Wildman–Crippen LogP) is 1.17. The largest absolute Gasteiger partial charge is 0.469 e. The Bertz CT molecular complexity index is 242. The lowest BCUT2D eigenvalue weighted by Gasteiger charge is -2.22. The van der Waals surface area contributed by atoms with E-state index in [1.807, 2.05) is 0 Å². The van der Waals surface area contributed by atoms with Crippen molar-refractivity contribution in [3.63, 3.8) is 0 Å². The average Bonchev–Trinajstić information content (AvgIpc) is 2.66. The molecule has 5 heteroatoms. The van der Waals surface area contributed by atoms with Crippen molar-refractivity contribution in [2.45, 2.75) is 32.2 Å². The van der Waals surface area contributed by atoms with Crippen molar-refractivity contribution in [2.24, 2.45) is 0 Å². The van der Waals surface area contributed by atoms with Gasteiger partial charge in [-0.2, -0.15) is 0 Å². The van der Waals surface area contributed by atoms with Crippen LogP contribution in [0.15, 0.2) is 0 Å². The lowest BCUT2D eigenvalue weighted by atomic mass is 10.1. The van der Waals surface area contributed by atoms with Crippen molar-refractivity contribution in [1.29, 1.82) is 0 Å². The smallest absolute Gasteiger partial charge is 0.410 e. The lowest BCUT2D eigenvalue weighted by molar-refractivity contribution is -0.141. The topological polar surface area (TPSA) is 55.8 Å². The molecule has 1 unspecified atom stereocenters. The number of hydrogen-bond donors (Lipinski definition) is 0. The highest BCUT2D eigenvalue weighted by atomic mass is 16.6. The standard InChI is InChI=1S/C10H17NO4/c1-3-15-10(13)11-6-4-5-8(11)7-9(12)14-2/h8H,3-7H2,1-2H3. The molecule has 1 saturated heterocycles. The number of carbonyl (C=O) groups is 2. The minimum absolute atomic E-state index is 0.0588. The van der Waals surface area contributed by atoms with E-state index in [1.165, 1.54) is 7.11 Å². The third-order valence-electron chi connectivity index (χ3n) is 2.51. The Morgan fingerprint density at radius 1 is 1.47 bits per heavy atom. The molecule has 1 fully saturated rings. The summed E-state index contributed by atoms with van der Waals surface area (Å²) < 4.78 is 9.49. The number of ether oxygens (including phenoxy) is 2. The Morgan fingerprint density at radius 3 is 2.80 bits per heavy atom. The van der Waals surface area contributed by atoms with Crippen LogP contribution in [0.5, 0.6) is 0 Å². The summed E-state index contributed by atoms with van der Waals surface area (Å²) in [7, 11) is 1.35. The van der Waals surface area contributed by atoms with E-state index in [2.05, 4.69) is 4.74 Å². The van der Waals surface area contributed by atoms with E-state index in [-0.39, 0.29) is 24.5 Å². The fraction of sp³-hybridized carbons (Fsp3) is 0.800. The van der Waals surface area contributed by atoms with Gasteiger partial charge in [-0.25, -0.2) is 4.79 Å². The molecule has 0 spiro atoms. The summed E-state index contributed by atoms with van der Waals surface area (Å²) in [6, 6.07) is -0.0588. The van der Waals surface area contributed by atoms with Crippen LogP contribution in [0.3, 0.4) is 0 Å². The van der Waals surface area contributed by atoms with Gasteiger partial charge in [-0.05, 0) is 19.8 Å². The van der Waals surface area contributed by atoms with E-state index in [4.69, 9.17) is 4.74 Å². The van der Waals surface area contributed by atoms with Crippen LogP contribution in [0.4, 0.5) is 4.79 Å². The maximum Gasteiger partial charge on any atom is 0.410 e. The highest BCUT2D eigenvalue weighted by molar-refractivity contribution is 5.73. The monoisotopic (exact) mass is 215 g/mol. The predicted molar refractivity (Wildman–Crippen MR) is 53.4 cm³/mol. The molecule has 0 aromatic rings. The van der Waals surface area contributed by atoms with Crippen LogP contribution in [-0.4, -0.2) is 43.3 Å². The quantitative estimate of drug-likeness (QED) is 0.663. The number of nitrogens with zero attached hydrogens (tertiary/aromatic N) is 1. The van der Waals surface area contributed by atoms with Gasteiger partial charge < -0.3 is 14.4 Å². The van der Waals surface area contributed by atoms with Crippen LogP contribution in [0, 0.1) is 0 Å². The van der Waals surface area contributed by atoms with Crippen molar-refractivity contribution in [1.82, 2.24) is 4.90 Å². The molecule has 15 heavy (non-hydrogen) atoms. The summed E-state index contributed by atoms with van der Waals surface area (Å²) in [6.45, 7) is 2.80. The Balaban J connectivity index is 2.49. The molecule has 1 atom stereocenters. The number of esters is 1. The molecule has 0 radical (unpaired) electrons. The van der Waals surface area contributed by atoms with Crippen molar-refractivity contribution in [2.75, 3.05) is 20.3 Å². The average molecular weight is 215 g/mol. The van der Waals surface area contributed by atoms with Crippen molar-refractivity contribution in [3.05, 3.63) is 0 Å². The molecule has 1 aliphatic heterocycles. The van der Waals surface area contributed by atoms with Crippen molar-refractivity contribution >= 4 is 12.1 Å². The van der Waals surface area contributed by atoms with Gasteiger partial charge in [0.2, 0.25) is 0 Å². The van der Waals surface area contributed by atoms with Crippen LogP contribution in [0.1, 0.15) is 26.2 Å². The SMILES string of the molecule is CCOC(=O)N1CCCC1CC(=O)OC. The summed E-state index contributed by atoms with van der Waals surface area (Å²) >= 11 is 0. The number of amides is 1. The molecule has 5 nitrogen and oxygen atoms in total. The van der Waals surface area contributed by atoms with E-state index in [0.29, 0.717) is 13.2 Å². The molecule has 0 aliphatic carbocycles. The van der Waals surface area contributed by atoms with Gasteiger partial charge in [-0.15, -0.1) is 0 Å². The number of rotatable bonds is 3. The van der Waals surface area contributed by atoms with Gasteiger partial charge in [0.1, 0.15) is 0 Å². The lowest BCUT2D eigenvalue weighted by Crippen LogP contribution is -2.37. The van der Waals surface area contributed by atoms with Gasteiger partial charge >= 0.3 is 12.1 Å². The Morgan fingerprint density at radius 2 is 2.20 bits per heavy atom. The van der Waals surface area contributed by atoms with Gasteiger partial charge in [0.05, 0.1) is 20.1 Å².